The summed E-state index contributed by atoms with van der Waals surface area (Å²) in [5, 5.41) is 6.68. The van der Waals surface area contributed by atoms with Crippen LogP contribution in [0.1, 0.15) is 34.6 Å². The molecule has 174 valence electrons. The molecule has 2 N–H and O–H groups in total. The molecule has 0 fully saturated rings. The number of anilines is 1. The minimum absolute atomic E-state index is 0.121. The number of rotatable bonds is 8. The van der Waals surface area contributed by atoms with Crippen LogP contribution in [0.5, 0.6) is 11.5 Å². The van der Waals surface area contributed by atoms with Gasteiger partial charge in [-0.05, 0) is 48.9 Å². The summed E-state index contributed by atoms with van der Waals surface area (Å²) in [4.78, 5) is 25.1. The van der Waals surface area contributed by atoms with E-state index in [1.54, 1.807) is 38.5 Å². The first-order valence-corrected chi connectivity index (χ1v) is 10.9. The monoisotopic (exact) mass is 458 g/mol. The molecule has 7 nitrogen and oxygen atoms in total. The van der Waals surface area contributed by atoms with Gasteiger partial charge < -0.3 is 24.5 Å². The highest BCUT2D eigenvalue weighted by molar-refractivity contribution is 6.04. The van der Waals surface area contributed by atoms with Crippen molar-refractivity contribution in [3.05, 3.63) is 89.7 Å². The lowest BCUT2D eigenvalue weighted by Crippen LogP contribution is -2.28. The van der Waals surface area contributed by atoms with Gasteiger partial charge in [0.2, 0.25) is 5.91 Å². The standard InChI is InChI=1S/C27H26N2O5/c1-17(22-13-12-21(32-2)16-24(22)33-3)28-26(30)14-18-8-10-20(11-9-18)29-27(31)25-15-19-6-4-5-7-23(19)34-25/h4-13,15-17H,14H2,1-3H3,(H,28,30)(H,29,31). The van der Waals surface area contributed by atoms with Gasteiger partial charge in [-0.2, -0.15) is 0 Å². The van der Waals surface area contributed by atoms with E-state index in [-0.39, 0.29) is 30.0 Å². The smallest absolute Gasteiger partial charge is 0.291 e. The van der Waals surface area contributed by atoms with Crippen molar-refractivity contribution in [2.45, 2.75) is 19.4 Å². The van der Waals surface area contributed by atoms with E-state index in [0.717, 1.165) is 16.5 Å². The Labute approximate surface area is 197 Å². The summed E-state index contributed by atoms with van der Waals surface area (Å²) in [6.45, 7) is 1.90. The highest BCUT2D eigenvalue weighted by Crippen LogP contribution is 2.29. The van der Waals surface area contributed by atoms with Crippen LogP contribution in [0.3, 0.4) is 0 Å². The van der Waals surface area contributed by atoms with Gasteiger partial charge in [-0.15, -0.1) is 0 Å². The van der Waals surface area contributed by atoms with Crippen LogP contribution in [-0.2, 0) is 11.2 Å². The number of hydrogen-bond acceptors (Lipinski definition) is 5. The van der Waals surface area contributed by atoms with E-state index in [9.17, 15) is 9.59 Å². The van der Waals surface area contributed by atoms with Gasteiger partial charge in [0.1, 0.15) is 17.1 Å². The molecule has 1 heterocycles. The molecule has 0 radical (unpaired) electrons. The summed E-state index contributed by atoms with van der Waals surface area (Å²) in [7, 11) is 3.18. The molecule has 0 aliphatic heterocycles. The molecule has 34 heavy (non-hydrogen) atoms. The Hall–Kier alpha value is -4.26. The second-order valence-electron chi connectivity index (χ2n) is 7.87. The average molecular weight is 459 g/mol. The lowest BCUT2D eigenvalue weighted by Gasteiger charge is -2.18. The molecule has 0 saturated carbocycles. The van der Waals surface area contributed by atoms with Crippen LogP contribution >= 0.6 is 0 Å². The second-order valence-corrected chi connectivity index (χ2v) is 7.87. The number of ether oxygens (including phenoxy) is 2. The number of fused-ring (bicyclic) bond motifs is 1. The Morgan fingerprint density at radius 2 is 1.71 bits per heavy atom. The fraction of sp³-hybridized carbons (Fsp3) is 0.185. The van der Waals surface area contributed by atoms with Crippen molar-refractivity contribution in [2.24, 2.45) is 0 Å². The number of carbonyl (C=O) groups is 2. The minimum Gasteiger partial charge on any atom is -0.497 e. The Kier molecular flexibility index (Phi) is 6.82. The quantitative estimate of drug-likeness (QED) is 0.382. The third kappa shape index (κ3) is 5.20. The number of methoxy groups -OCH3 is 2. The fourth-order valence-electron chi connectivity index (χ4n) is 3.72. The van der Waals surface area contributed by atoms with Crippen LogP contribution in [0.2, 0.25) is 0 Å². The maximum absolute atomic E-state index is 12.6. The number of carbonyl (C=O) groups excluding carboxylic acids is 2. The first kappa shape index (κ1) is 22.9. The van der Waals surface area contributed by atoms with Crippen LogP contribution < -0.4 is 20.1 Å². The predicted molar refractivity (Wildman–Crippen MR) is 130 cm³/mol. The van der Waals surface area contributed by atoms with E-state index in [4.69, 9.17) is 13.9 Å². The van der Waals surface area contributed by atoms with Crippen LogP contribution in [-0.4, -0.2) is 26.0 Å². The van der Waals surface area contributed by atoms with Crippen LogP contribution in [0.15, 0.2) is 77.2 Å². The largest absolute Gasteiger partial charge is 0.497 e. The minimum atomic E-state index is -0.330. The number of nitrogens with one attached hydrogen (secondary N) is 2. The van der Waals surface area contributed by atoms with Gasteiger partial charge in [-0.3, -0.25) is 9.59 Å². The van der Waals surface area contributed by atoms with Crippen molar-refractivity contribution in [1.82, 2.24) is 5.32 Å². The molecular weight excluding hydrogens is 432 g/mol. The van der Waals surface area contributed by atoms with E-state index in [0.29, 0.717) is 22.8 Å². The zero-order chi connectivity index (χ0) is 24.1. The van der Waals surface area contributed by atoms with E-state index < -0.39 is 0 Å². The zero-order valence-electron chi connectivity index (χ0n) is 19.3. The van der Waals surface area contributed by atoms with E-state index in [1.165, 1.54) is 0 Å². The molecule has 0 saturated heterocycles. The number of furan rings is 1. The van der Waals surface area contributed by atoms with Crippen molar-refractivity contribution in [3.8, 4) is 11.5 Å². The lowest BCUT2D eigenvalue weighted by atomic mass is 10.1. The van der Waals surface area contributed by atoms with Crippen molar-refractivity contribution >= 4 is 28.5 Å². The molecule has 3 aromatic carbocycles. The number of amides is 2. The first-order valence-electron chi connectivity index (χ1n) is 10.9. The number of benzene rings is 3. The molecule has 0 aliphatic carbocycles. The van der Waals surface area contributed by atoms with E-state index >= 15 is 0 Å². The van der Waals surface area contributed by atoms with E-state index in [2.05, 4.69) is 10.6 Å². The molecule has 2 amide bonds. The van der Waals surface area contributed by atoms with Crippen molar-refractivity contribution in [1.29, 1.82) is 0 Å². The molecule has 1 atom stereocenters. The van der Waals surface area contributed by atoms with Crippen molar-refractivity contribution in [3.63, 3.8) is 0 Å². The highest BCUT2D eigenvalue weighted by Gasteiger charge is 2.16. The van der Waals surface area contributed by atoms with Crippen LogP contribution in [0.4, 0.5) is 5.69 Å². The maximum Gasteiger partial charge on any atom is 0.291 e. The molecule has 4 aromatic rings. The normalized spacial score (nSPS) is 11.6. The molecule has 1 aromatic heterocycles. The van der Waals surface area contributed by atoms with Gasteiger partial charge in [0.05, 0.1) is 26.7 Å². The number of hydrogen-bond donors (Lipinski definition) is 2. The Morgan fingerprint density at radius 1 is 0.941 bits per heavy atom. The van der Waals surface area contributed by atoms with Crippen LogP contribution in [0, 0.1) is 0 Å². The molecule has 0 spiro atoms. The van der Waals surface area contributed by atoms with Gasteiger partial charge >= 0.3 is 0 Å². The SMILES string of the molecule is COc1ccc(C(C)NC(=O)Cc2ccc(NC(=O)c3cc4ccccc4o3)cc2)c(OC)c1. The van der Waals surface area contributed by atoms with Gasteiger partial charge in [0, 0.05) is 22.7 Å². The Bertz CT molecular complexity index is 1280. The average Bonchev–Trinajstić information content (AvgIpc) is 3.29. The van der Waals surface area contributed by atoms with E-state index in [1.807, 2.05) is 55.5 Å². The molecule has 1 unspecified atom stereocenters. The molecular formula is C27H26N2O5. The van der Waals surface area contributed by atoms with Crippen molar-refractivity contribution < 1.29 is 23.5 Å². The van der Waals surface area contributed by atoms with Crippen molar-refractivity contribution in [2.75, 3.05) is 19.5 Å². The summed E-state index contributed by atoms with van der Waals surface area (Å²) < 4.78 is 16.3. The van der Waals surface area contributed by atoms with Crippen LogP contribution in [0.25, 0.3) is 11.0 Å². The Balaban J connectivity index is 1.35. The van der Waals surface area contributed by atoms with Gasteiger partial charge in [-0.1, -0.05) is 30.3 Å². The van der Waals surface area contributed by atoms with Gasteiger partial charge in [-0.25, -0.2) is 0 Å². The predicted octanol–water partition coefficient (Wildman–Crippen LogP) is 5.12. The third-order valence-corrected chi connectivity index (χ3v) is 5.51. The highest BCUT2D eigenvalue weighted by atomic mass is 16.5. The lowest BCUT2D eigenvalue weighted by molar-refractivity contribution is -0.121. The fourth-order valence-corrected chi connectivity index (χ4v) is 3.72. The summed E-state index contributed by atoms with van der Waals surface area (Å²) in [5.74, 6) is 1.13. The summed E-state index contributed by atoms with van der Waals surface area (Å²) >= 11 is 0. The molecule has 7 heteroatoms. The topological polar surface area (TPSA) is 89.8 Å². The first-order chi connectivity index (χ1) is 16.5. The Morgan fingerprint density at radius 3 is 2.41 bits per heavy atom. The molecule has 4 rings (SSSR count). The summed E-state index contributed by atoms with van der Waals surface area (Å²) in [5.41, 5.74) is 2.97. The van der Waals surface area contributed by atoms with Gasteiger partial charge in [0.15, 0.2) is 5.76 Å². The molecule has 0 aliphatic rings. The summed E-state index contributed by atoms with van der Waals surface area (Å²) in [6, 6.07) is 21.6. The number of para-hydroxylation sites is 1. The third-order valence-electron chi connectivity index (χ3n) is 5.51. The second kappa shape index (κ2) is 10.1. The zero-order valence-corrected chi connectivity index (χ0v) is 19.3. The summed E-state index contributed by atoms with van der Waals surface area (Å²) in [6.07, 6.45) is 0.209. The molecule has 0 bridgehead atoms. The maximum atomic E-state index is 12.6. The van der Waals surface area contributed by atoms with Gasteiger partial charge in [0.25, 0.3) is 5.91 Å².